The first-order valence-electron chi connectivity index (χ1n) is 17.5. The van der Waals surface area contributed by atoms with Gasteiger partial charge in [0.1, 0.15) is 36.8 Å². The van der Waals surface area contributed by atoms with Gasteiger partial charge in [-0.05, 0) is 59.7 Å². The van der Waals surface area contributed by atoms with E-state index in [2.05, 4.69) is 57.1 Å². The Labute approximate surface area is 352 Å². The van der Waals surface area contributed by atoms with E-state index in [1.807, 2.05) is 127 Å². The molecular weight excluding hydrogens is 872 g/mol. The largest absolute Gasteiger partial charge is 0.493 e. The third kappa shape index (κ3) is 11.5. The lowest BCUT2D eigenvalue weighted by Crippen LogP contribution is -2.00. The number of rotatable bonds is 10. The highest BCUT2D eigenvalue weighted by Gasteiger charge is 2.13. The van der Waals surface area contributed by atoms with Gasteiger partial charge in [-0.25, -0.2) is 19.9 Å². The maximum absolute atomic E-state index is 6.06. The summed E-state index contributed by atoms with van der Waals surface area (Å²) in [6, 6.07) is 42.8. The van der Waals surface area contributed by atoms with E-state index < -0.39 is 0 Å². The Kier molecular flexibility index (Phi) is 14.5. The molecule has 0 unspecified atom stereocenters. The maximum atomic E-state index is 6.06. The summed E-state index contributed by atoms with van der Waals surface area (Å²) in [4.78, 5) is 17.0. The molecule has 3 N–H and O–H groups in total. The van der Waals surface area contributed by atoms with Gasteiger partial charge in [-0.1, -0.05) is 116 Å². The van der Waals surface area contributed by atoms with E-state index in [1.54, 1.807) is 20.3 Å². The van der Waals surface area contributed by atoms with Crippen LogP contribution in [0.3, 0.4) is 0 Å². The lowest BCUT2D eigenvalue weighted by atomic mass is 10.2. The van der Waals surface area contributed by atoms with Gasteiger partial charge in [-0.3, -0.25) is 0 Å². The standard InChI is InChI=1S/C22H18BrN3O2.C16H13ClN2O2.C6H6BrN/c1-27-20-11-18-19(12-21(20)28-13-15-6-3-2-4-7-15)24-14-25-22(18)26-17-9-5-8-16(23)10-17;1-20-14-7-12-13(18-10-19-16(12)17)8-15(14)21-9-11-5-3-2-4-6-11;7-5-2-1-3-6(8)4-5/h2-12,14H,13H2,1H3,(H,24,25,26);2-8,10H,9H2,1H3;1-4H,8H2. The Balaban J connectivity index is 0.000000166. The molecule has 8 aromatic rings. The summed E-state index contributed by atoms with van der Waals surface area (Å²) in [7, 11) is 3.22. The zero-order valence-corrected chi connectivity index (χ0v) is 34.8. The van der Waals surface area contributed by atoms with Crippen LogP contribution in [0.1, 0.15) is 11.1 Å². The predicted molar refractivity (Wildman–Crippen MR) is 235 cm³/mol. The smallest absolute Gasteiger partial charge is 0.163 e. The average molecular weight is 909 g/mol. The maximum Gasteiger partial charge on any atom is 0.163 e. The zero-order valence-electron chi connectivity index (χ0n) is 30.9. The Bertz CT molecular complexity index is 2540. The van der Waals surface area contributed by atoms with Gasteiger partial charge in [-0.2, -0.15) is 0 Å². The van der Waals surface area contributed by atoms with Crippen LogP contribution in [0, 0.1) is 0 Å². The second-order valence-electron chi connectivity index (χ2n) is 12.2. The van der Waals surface area contributed by atoms with Crippen LogP contribution in [0.4, 0.5) is 17.2 Å². The second kappa shape index (κ2) is 20.3. The lowest BCUT2D eigenvalue weighted by molar-refractivity contribution is 0.285. The lowest BCUT2D eigenvalue weighted by Gasteiger charge is -2.14. The molecule has 8 rings (SSSR count). The molecule has 0 saturated carbocycles. The molecule has 0 aliphatic carbocycles. The molecule has 2 aromatic heterocycles. The Morgan fingerprint density at radius 2 is 1.09 bits per heavy atom. The predicted octanol–water partition coefficient (Wildman–Crippen LogP) is 11.6. The van der Waals surface area contributed by atoms with Crippen molar-refractivity contribution < 1.29 is 18.9 Å². The van der Waals surface area contributed by atoms with Gasteiger partial charge in [0.05, 0.1) is 25.3 Å². The number of anilines is 3. The van der Waals surface area contributed by atoms with E-state index in [1.165, 1.54) is 12.7 Å². The molecule has 0 radical (unpaired) electrons. The number of fused-ring (bicyclic) bond motifs is 2. The monoisotopic (exact) mass is 906 g/mol. The molecule has 0 atom stereocenters. The second-order valence-corrected chi connectivity index (χ2v) is 14.4. The first-order valence-corrected chi connectivity index (χ1v) is 19.4. The molecule has 0 fully saturated rings. The van der Waals surface area contributed by atoms with Gasteiger partial charge in [0.2, 0.25) is 0 Å². The minimum Gasteiger partial charge on any atom is -0.493 e. The molecule has 57 heavy (non-hydrogen) atoms. The molecule has 6 aromatic carbocycles. The van der Waals surface area contributed by atoms with Crippen LogP contribution in [0.2, 0.25) is 5.15 Å². The molecular formula is C44H37Br2ClN6O4. The quantitative estimate of drug-likeness (QED) is 0.101. The number of halogens is 3. The highest BCUT2D eigenvalue weighted by atomic mass is 79.9. The van der Waals surface area contributed by atoms with Crippen molar-refractivity contribution in [1.82, 2.24) is 19.9 Å². The van der Waals surface area contributed by atoms with E-state index in [9.17, 15) is 0 Å². The summed E-state index contributed by atoms with van der Waals surface area (Å²) in [5.41, 5.74) is 10.8. The number of nitrogens with one attached hydrogen (secondary N) is 1. The summed E-state index contributed by atoms with van der Waals surface area (Å²) in [5.74, 6) is 3.22. The van der Waals surface area contributed by atoms with Crippen molar-refractivity contribution in [2.75, 3.05) is 25.3 Å². The zero-order chi connectivity index (χ0) is 40.0. The van der Waals surface area contributed by atoms with Crippen molar-refractivity contribution in [3.8, 4) is 23.0 Å². The molecule has 10 nitrogen and oxygen atoms in total. The molecule has 0 amide bonds. The SMILES string of the molecule is COc1cc2c(Cl)ncnc2cc1OCc1ccccc1.COc1cc2c(Nc3cccc(Br)c3)ncnc2cc1OCc1ccccc1.Nc1cccc(Br)c1. The molecule has 13 heteroatoms. The van der Waals surface area contributed by atoms with Crippen LogP contribution < -0.4 is 30.0 Å². The van der Waals surface area contributed by atoms with Crippen LogP contribution in [0.5, 0.6) is 23.0 Å². The third-order valence-electron chi connectivity index (χ3n) is 8.20. The van der Waals surface area contributed by atoms with Crippen LogP contribution in [-0.4, -0.2) is 34.2 Å². The molecule has 0 aliphatic heterocycles. The van der Waals surface area contributed by atoms with Crippen LogP contribution in [0.25, 0.3) is 21.8 Å². The summed E-state index contributed by atoms with van der Waals surface area (Å²) in [6.07, 6.45) is 2.97. The summed E-state index contributed by atoms with van der Waals surface area (Å²) < 4.78 is 24.7. The van der Waals surface area contributed by atoms with Crippen molar-refractivity contribution in [2.45, 2.75) is 13.2 Å². The van der Waals surface area contributed by atoms with Gasteiger partial charge in [0, 0.05) is 43.2 Å². The first-order chi connectivity index (χ1) is 27.8. The van der Waals surface area contributed by atoms with Crippen LogP contribution >= 0.6 is 43.5 Å². The molecule has 288 valence electrons. The highest BCUT2D eigenvalue weighted by molar-refractivity contribution is 9.10. The van der Waals surface area contributed by atoms with Gasteiger partial charge in [-0.15, -0.1) is 0 Å². The van der Waals surface area contributed by atoms with Crippen molar-refractivity contribution in [3.63, 3.8) is 0 Å². The fraction of sp³-hybridized carbons (Fsp3) is 0.0909. The molecule has 2 heterocycles. The Hall–Kier alpha value is -5.95. The molecule has 0 aliphatic rings. The Morgan fingerprint density at radius 1 is 0.561 bits per heavy atom. The van der Waals surface area contributed by atoms with Crippen molar-refractivity contribution >= 4 is 82.5 Å². The average Bonchev–Trinajstić information content (AvgIpc) is 3.23. The number of ether oxygens (including phenoxy) is 4. The van der Waals surface area contributed by atoms with Gasteiger partial charge < -0.3 is 30.0 Å². The van der Waals surface area contributed by atoms with E-state index in [-0.39, 0.29) is 0 Å². The number of aromatic nitrogens is 4. The summed E-state index contributed by atoms with van der Waals surface area (Å²) in [6.45, 7) is 0.915. The van der Waals surface area contributed by atoms with E-state index >= 15 is 0 Å². The van der Waals surface area contributed by atoms with Crippen molar-refractivity contribution in [1.29, 1.82) is 0 Å². The minimum absolute atomic E-state index is 0.396. The molecule has 0 bridgehead atoms. The van der Waals surface area contributed by atoms with E-state index in [0.29, 0.717) is 47.2 Å². The number of nitrogens with zero attached hydrogens (tertiary/aromatic N) is 4. The summed E-state index contributed by atoms with van der Waals surface area (Å²) >= 11 is 12.8. The van der Waals surface area contributed by atoms with E-state index in [0.717, 1.165) is 53.3 Å². The molecule has 0 spiro atoms. The number of methoxy groups -OCH3 is 2. The topological polar surface area (TPSA) is 127 Å². The van der Waals surface area contributed by atoms with Gasteiger partial charge in [0.25, 0.3) is 0 Å². The van der Waals surface area contributed by atoms with Crippen molar-refractivity contribution in [2.24, 2.45) is 0 Å². The van der Waals surface area contributed by atoms with Crippen LogP contribution in [0.15, 0.2) is 155 Å². The summed E-state index contributed by atoms with van der Waals surface area (Å²) in [5, 5.41) is 5.33. The Morgan fingerprint density at radius 3 is 1.61 bits per heavy atom. The van der Waals surface area contributed by atoms with Crippen molar-refractivity contribution in [3.05, 3.63) is 171 Å². The number of nitrogen functional groups attached to an aromatic ring is 1. The van der Waals surface area contributed by atoms with Crippen LogP contribution in [-0.2, 0) is 13.2 Å². The number of hydrogen-bond donors (Lipinski definition) is 2. The normalized spacial score (nSPS) is 10.4. The van der Waals surface area contributed by atoms with E-state index in [4.69, 9.17) is 36.3 Å². The fourth-order valence-corrected chi connectivity index (χ4v) is 6.43. The van der Waals surface area contributed by atoms with Gasteiger partial charge >= 0.3 is 0 Å². The highest BCUT2D eigenvalue weighted by Crippen LogP contribution is 2.36. The number of benzene rings is 6. The third-order valence-corrected chi connectivity index (χ3v) is 9.49. The fourth-order valence-electron chi connectivity index (χ4n) is 5.42. The first kappa shape index (κ1) is 40.7. The molecule has 0 saturated heterocycles. The van der Waals surface area contributed by atoms with Gasteiger partial charge in [0.15, 0.2) is 23.0 Å². The number of nitrogens with two attached hydrogens (primary N) is 1. The number of hydrogen-bond acceptors (Lipinski definition) is 10. The minimum atomic E-state index is 0.396.